The molecule has 19 heavy (non-hydrogen) atoms. The topological polar surface area (TPSA) is 66.0 Å². The highest BCUT2D eigenvalue weighted by atomic mass is 16.5. The van der Waals surface area contributed by atoms with E-state index in [9.17, 15) is 0 Å². The van der Waals surface area contributed by atoms with Crippen LogP contribution in [0.15, 0.2) is 24.7 Å². The molecule has 0 fully saturated rings. The van der Waals surface area contributed by atoms with Gasteiger partial charge in [-0.05, 0) is 25.0 Å². The Kier molecular flexibility index (Phi) is 4.16. The lowest BCUT2D eigenvalue weighted by molar-refractivity contribution is 0.315. The summed E-state index contributed by atoms with van der Waals surface area (Å²) in [5, 5.41) is 4.31. The molecule has 1 unspecified atom stereocenters. The fourth-order valence-electron chi connectivity index (χ4n) is 2.01. The summed E-state index contributed by atoms with van der Waals surface area (Å²) >= 11 is 0. The lowest BCUT2D eigenvalue weighted by Gasteiger charge is -2.12. The van der Waals surface area contributed by atoms with Crippen molar-refractivity contribution in [3.63, 3.8) is 0 Å². The molecule has 1 atom stereocenters. The van der Waals surface area contributed by atoms with Crippen molar-refractivity contribution in [2.75, 3.05) is 6.61 Å². The lowest BCUT2D eigenvalue weighted by Crippen LogP contribution is -2.13. The van der Waals surface area contributed by atoms with Gasteiger partial charge in [0.1, 0.15) is 5.75 Å². The van der Waals surface area contributed by atoms with Crippen molar-refractivity contribution >= 4 is 0 Å². The van der Waals surface area contributed by atoms with Gasteiger partial charge in [-0.2, -0.15) is 5.10 Å². The quantitative estimate of drug-likeness (QED) is 0.892. The molecule has 0 aliphatic rings. The van der Waals surface area contributed by atoms with Crippen LogP contribution in [0.1, 0.15) is 36.2 Å². The third-order valence-corrected chi connectivity index (χ3v) is 2.95. The van der Waals surface area contributed by atoms with Crippen LogP contribution in [-0.4, -0.2) is 21.4 Å². The first-order valence-electron chi connectivity index (χ1n) is 6.45. The Bertz CT molecular complexity index is 550. The first-order chi connectivity index (χ1) is 9.11. The van der Waals surface area contributed by atoms with Crippen LogP contribution in [0.4, 0.5) is 0 Å². The van der Waals surface area contributed by atoms with Crippen molar-refractivity contribution in [1.29, 1.82) is 0 Å². The van der Waals surface area contributed by atoms with Gasteiger partial charge in [-0.25, -0.2) is 0 Å². The Morgan fingerprint density at radius 1 is 1.42 bits per heavy atom. The third kappa shape index (κ3) is 3.12. The average Bonchev–Trinajstić information content (AvgIpc) is 2.75. The molecule has 5 nitrogen and oxygen atoms in total. The van der Waals surface area contributed by atoms with Crippen LogP contribution in [-0.2, 0) is 7.05 Å². The maximum atomic E-state index is 6.28. The van der Waals surface area contributed by atoms with Gasteiger partial charge in [-0.1, -0.05) is 6.92 Å². The van der Waals surface area contributed by atoms with E-state index in [4.69, 9.17) is 10.5 Å². The summed E-state index contributed by atoms with van der Waals surface area (Å²) in [6.45, 7) is 4.72. The zero-order chi connectivity index (χ0) is 13.8. The molecule has 2 N–H and O–H groups in total. The molecule has 2 aromatic rings. The summed E-state index contributed by atoms with van der Waals surface area (Å²) in [5.74, 6) is 0.761. The van der Waals surface area contributed by atoms with Crippen LogP contribution in [0.3, 0.4) is 0 Å². The van der Waals surface area contributed by atoms with Gasteiger partial charge < -0.3 is 10.5 Å². The van der Waals surface area contributed by atoms with E-state index in [1.54, 1.807) is 17.1 Å². The minimum atomic E-state index is -0.230. The van der Waals surface area contributed by atoms with Crippen molar-refractivity contribution in [1.82, 2.24) is 14.8 Å². The van der Waals surface area contributed by atoms with Gasteiger partial charge in [0.25, 0.3) is 0 Å². The number of rotatable bonds is 5. The van der Waals surface area contributed by atoms with Crippen molar-refractivity contribution in [3.05, 3.63) is 41.5 Å². The van der Waals surface area contributed by atoms with Gasteiger partial charge in [0.05, 0.1) is 24.5 Å². The Morgan fingerprint density at radius 2 is 2.21 bits per heavy atom. The highest BCUT2D eigenvalue weighted by molar-refractivity contribution is 5.34. The second kappa shape index (κ2) is 5.84. The molecule has 0 amide bonds. The van der Waals surface area contributed by atoms with Crippen molar-refractivity contribution in [3.8, 4) is 5.75 Å². The zero-order valence-electron chi connectivity index (χ0n) is 11.6. The number of pyridine rings is 1. The van der Waals surface area contributed by atoms with Crippen molar-refractivity contribution in [2.24, 2.45) is 12.8 Å². The van der Waals surface area contributed by atoms with Crippen LogP contribution in [0.5, 0.6) is 5.75 Å². The monoisotopic (exact) mass is 260 g/mol. The Balaban J connectivity index is 2.23. The van der Waals surface area contributed by atoms with E-state index in [1.807, 2.05) is 26.2 Å². The summed E-state index contributed by atoms with van der Waals surface area (Å²) in [5.41, 5.74) is 9.16. The molecule has 0 bridgehead atoms. The molecule has 0 aliphatic heterocycles. The Hall–Kier alpha value is -1.88. The van der Waals surface area contributed by atoms with Crippen LogP contribution >= 0.6 is 0 Å². The zero-order valence-corrected chi connectivity index (χ0v) is 11.6. The second-order valence-electron chi connectivity index (χ2n) is 4.62. The van der Waals surface area contributed by atoms with Crippen molar-refractivity contribution in [2.45, 2.75) is 26.3 Å². The summed E-state index contributed by atoms with van der Waals surface area (Å²) in [4.78, 5) is 4.19. The second-order valence-corrected chi connectivity index (χ2v) is 4.62. The summed E-state index contributed by atoms with van der Waals surface area (Å²) in [6, 6.07) is 1.71. The fraction of sp³-hybridized carbons (Fsp3) is 0.429. The largest absolute Gasteiger partial charge is 0.492 e. The van der Waals surface area contributed by atoms with Gasteiger partial charge in [0.2, 0.25) is 0 Å². The molecule has 0 radical (unpaired) electrons. The van der Waals surface area contributed by atoms with E-state index in [0.717, 1.165) is 29.0 Å². The molecule has 0 aliphatic carbocycles. The van der Waals surface area contributed by atoms with Gasteiger partial charge in [0, 0.05) is 25.0 Å². The third-order valence-electron chi connectivity index (χ3n) is 2.95. The summed E-state index contributed by atoms with van der Waals surface area (Å²) in [7, 11) is 1.89. The number of hydrogen-bond donors (Lipinski definition) is 1. The molecule has 0 aromatic carbocycles. The maximum Gasteiger partial charge on any atom is 0.137 e. The average molecular weight is 260 g/mol. The predicted octanol–water partition coefficient (Wildman–Crippen LogP) is 1.96. The molecule has 2 heterocycles. The van der Waals surface area contributed by atoms with E-state index < -0.39 is 0 Å². The van der Waals surface area contributed by atoms with E-state index in [-0.39, 0.29) is 6.04 Å². The molecular formula is C14H20N4O. The molecular weight excluding hydrogens is 240 g/mol. The van der Waals surface area contributed by atoms with Crippen LogP contribution in [0, 0.1) is 6.92 Å². The highest BCUT2D eigenvalue weighted by Crippen LogP contribution is 2.23. The Morgan fingerprint density at radius 3 is 2.84 bits per heavy atom. The molecule has 5 heteroatoms. The van der Waals surface area contributed by atoms with Gasteiger partial charge >= 0.3 is 0 Å². The minimum Gasteiger partial charge on any atom is -0.492 e. The fourth-order valence-corrected chi connectivity index (χ4v) is 2.01. The Labute approximate surface area is 113 Å². The van der Waals surface area contributed by atoms with E-state index in [0.29, 0.717) is 6.61 Å². The van der Waals surface area contributed by atoms with Gasteiger partial charge in [0.15, 0.2) is 0 Å². The van der Waals surface area contributed by atoms with Crippen LogP contribution in [0.25, 0.3) is 0 Å². The standard InChI is InChI=1S/C14H20N4O/c1-4-5-19-12-6-11(7-16-8-12)14(15)13-9-18(3)17-10(13)2/h6-9,14H,4-5,15H2,1-3H3. The predicted molar refractivity (Wildman–Crippen MR) is 74.0 cm³/mol. The normalized spacial score (nSPS) is 12.4. The van der Waals surface area contributed by atoms with Gasteiger partial charge in [-0.15, -0.1) is 0 Å². The number of hydrogen-bond acceptors (Lipinski definition) is 4. The van der Waals surface area contributed by atoms with E-state index in [2.05, 4.69) is 17.0 Å². The first kappa shape index (κ1) is 13.5. The minimum absolute atomic E-state index is 0.230. The molecule has 102 valence electrons. The molecule has 0 saturated carbocycles. The smallest absolute Gasteiger partial charge is 0.137 e. The number of aromatic nitrogens is 3. The number of nitrogens with two attached hydrogens (primary N) is 1. The lowest BCUT2D eigenvalue weighted by atomic mass is 10.0. The van der Waals surface area contributed by atoms with Crippen LogP contribution in [0.2, 0.25) is 0 Å². The van der Waals surface area contributed by atoms with Crippen LogP contribution < -0.4 is 10.5 Å². The first-order valence-corrected chi connectivity index (χ1v) is 6.45. The highest BCUT2D eigenvalue weighted by Gasteiger charge is 2.15. The molecule has 2 aromatic heterocycles. The summed E-state index contributed by atoms with van der Waals surface area (Å²) in [6.07, 6.45) is 6.40. The SMILES string of the molecule is CCCOc1cncc(C(N)c2cn(C)nc2C)c1. The number of aryl methyl sites for hydroxylation is 2. The van der Waals surface area contributed by atoms with Gasteiger partial charge in [-0.3, -0.25) is 9.67 Å². The number of nitrogens with zero attached hydrogens (tertiary/aromatic N) is 3. The summed E-state index contributed by atoms with van der Waals surface area (Å²) < 4.78 is 7.35. The molecule has 2 rings (SSSR count). The van der Waals surface area contributed by atoms with E-state index >= 15 is 0 Å². The maximum absolute atomic E-state index is 6.28. The van der Waals surface area contributed by atoms with Crippen molar-refractivity contribution < 1.29 is 4.74 Å². The van der Waals surface area contributed by atoms with E-state index in [1.165, 1.54) is 0 Å². The molecule has 0 spiro atoms. The number of ether oxygens (including phenoxy) is 1. The molecule has 0 saturated heterocycles.